The Morgan fingerprint density at radius 2 is 1.58 bits per heavy atom. The maximum atomic E-state index is 12.7. The number of amides is 2. The molecule has 2 aromatic carbocycles. The first-order valence-electron chi connectivity index (χ1n) is 11.0. The monoisotopic (exact) mass is 470 g/mol. The van der Waals surface area contributed by atoms with Crippen molar-refractivity contribution in [1.82, 2.24) is 10.6 Å². The Bertz CT molecular complexity index is 964. The number of rotatable bonds is 10. The quantitative estimate of drug-likeness (QED) is 0.487. The summed E-state index contributed by atoms with van der Waals surface area (Å²) in [4.78, 5) is 36.8. The molecular formula is C25H30N2O5S. The predicted octanol–water partition coefficient (Wildman–Crippen LogP) is 3.87. The summed E-state index contributed by atoms with van der Waals surface area (Å²) in [6.07, 6.45) is 1.56. The van der Waals surface area contributed by atoms with Crippen LogP contribution in [0.25, 0.3) is 11.1 Å². The SMILES string of the molecule is CSCC[C@H](NC(=O)OCC1c2ccccc2-c2ccccc21)C(=O)NC(C(=O)O)C(C)C. The van der Waals surface area contributed by atoms with Gasteiger partial charge in [-0.05, 0) is 46.6 Å². The minimum Gasteiger partial charge on any atom is -0.480 e. The first-order chi connectivity index (χ1) is 15.8. The van der Waals surface area contributed by atoms with Crippen LogP contribution in [-0.4, -0.2) is 53.8 Å². The topological polar surface area (TPSA) is 105 Å². The van der Waals surface area contributed by atoms with Crippen molar-refractivity contribution in [2.75, 3.05) is 18.6 Å². The predicted molar refractivity (Wildman–Crippen MR) is 129 cm³/mol. The second-order valence-corrected chi connectivity index (χ2v) is 9.36. The van der Waals surface area contributed by atoms with E-state index >= 15 is 0 Å². The van der Waals surface area contributed by atoms with Gasteiger partial charge < -0.3 is 20.5 Å². The molecular weight excluding hydrogens is 440 g/mol. The molecule has 2 aromatic rings. The fourth-order valence-electron chi connectivity index (χ4n) is 4.05. The molecule has 0 heterocycles. The number of alkyl carbamates (subject to hydrolysis) is 1. The molecule has 2 amide bonds. The smallest absolute Gasteiger partial charge is 0.407 e. The van der Waals surface area contributed by atoms with Crippen molar-refractivity contribution in [3.05, 3.63) is 59.7 Å². The Kier molecular flexibility index (Phi) is 8.38. The van der Waals surface area contributed by atoms with Crippen LogP contribution in [-0.2, 0) is 14.3 Å². The molecule has 1 unspecified atom stereocenters. The van der Waals surface area contributed by atoms with Crippen molar-refractivity contribution in [2.45, 2.75) is 38.3 Å². The maximum absolute atomic E-state index is 12.7. The minimum absolute atomic E-state index is 0.0843. The van der Waals surface area contributed by atoms with Crippen molar-refractivity contribution in [3.8, 4) is 11.1 Å². The Morgan fingerprint density at radius 3 is 2.09 bits per heavy atom. The highest BCUT2D eigenvalue weighted by Crippen LogP contribution is 2.44. The zero-order chi connectivity index (χ0) is 24.0. The molecule has 3 N–H and O–H groups in total. The van der Waals surface area contributed by atoms with Gasteiger partial charge in [0.15, 0.2) is 0 Å². The lowest BCUT2D eigenvalue weighted by Crippen LogP contribution is -2.53. The summed E-state index contributed by atoms with van der Waals surface area (Å²) in [5, 5.41) is 14.5. The first-order valence-corrected chi connectivity index (χ1v) is 12.4. The van der Waals surface area contributed by atoms with E-state index in [1.54, 1.807) is 13.8 Å². The summed E-state index contributed by atoms with van der Waals surface area (Å²) in [5.74, 6) is -1.39. The van der Waals surface area contributed by atoms with Gasteiger partial charge in [-0.15, -0.1) is 0 Å². The van der Waals surface area contributed by atoms with Gasteiger partial charge in [-0.25, -0.2) is 9.59 Å². The molecule has 7 nitrogen and oxygen atoms in total. The summed E-state index contributed by atoms with van der Waals surface area (Å²) >= 11 is 1.54. The van der Waals surface area contributed by atoms with Crippen LogP contribution in [0.3, 0.4) is 0 Å². The van der Waals surface area contributed by atoms with E-state index in [2.05, 4.69) is 22.8 Å². The molecule has 3 rings (SSSR count). The third kappa shape index (κ3) is 5.87. The van der Waals surface area contributed by atoms with Crippen LogP contribution < -0.4 is 10.6 Å². The summed E-state index contributed by atoms with van der Waals surface area (Å²) in [6.45, 7) is 3.57. The van der Waals surface area contributed by atoms with E-state index in [0.717, 1.165) is 22.3 Å². The average molecular weight is 471 g/mol. The van der Waals surface area contributed by atoms with Gasteiger partial charge in [-0.3, -0.25) is 4.79 Å². The number of carboxylic acid groups (broad SMARTS) is 1. The summed E-state index contributed by atoms with van der Waals surface area (Å²) in [6, 6.07) is 14.2. The van der Waals surface area contributed by atoms with Gasteiger partial charge in [0.05, 0.1) is 0 Å². The molecule has 8 heteroatoms. The molecule has 2 atom stereocenters. The Hall–Kier alpha value is -3.00. The molecule has 0 bridgehead atoms. The number of hydrogen-bond donors (Lipinski definition) is 3. The van der Waals surface area contributed by atoms with Crippen LogP contribution in [0.1, 0.15) is 37.3 Å². The van der Waals surface area contributed by atoms with Gasteiger partial charge in [-0.2, -0.15) is 11.8 Å². The minimum atomic E-state index is -1.11. The highest BCUT2D eigenvalue weighted by Gasteiger charge is 2.31. The number of thioether (sulfide) groups is 1. The molecule has 0 saturated carbocycles. The molecule has 0 fully saturated rings. The second-order valence-electron chi connectivity index (χ2n) is 8.37. The van der Waals surface area contributed by atoms with Crippen LogP contribution >= 0.6 is 11.8 Å². The molecule has 1 aliphatic rings. The summed E-state index contributed by atoms with van der Waals surface area (Å²) in [7, 11) is 0. The normalized spacial score (nSPS) is 14.2. The number of ether oxygens (including phenoxy) is 1. The average Bonchev–Trinajstić information content (AvgIpc) is 3.12. The molecule has 0 spiro atoms. The number of nitrogens with one attached hydrogen (secondary N) is 2. The highest BCUT2D eigenvalue weighted by molar-refractivity contribution is 7.98. The summed E-state index contributed by atoms with van der Waals surface area (Å²) in [5.41, 5.74) is 4.47. The van der Waals surface area contributed by atoms with Gasteiger partial charge >= 0.3 is 12.1 Å². The number of fused-ring (bicyclic) bond motifs is 3. The maximum Gasteiger partial charge on any atom is 0.407 e. The number of carbonyl (C=O) groups is 3. The third-order valence-corrected chi connectivity index (χ3v) is 6.44. The third-order valence-electron chi connectivity index (χ3n) is 5.79. The zero-order valence-electron chi connectivity index (χ0n) is 19.0. The lowest BCUT2D eigenvalue weighted by atomic mass is 9.98. The van der Waals surface area contributed by atoms with E-state index in [1.807, 2.05) is 42.7 Å². The number of carboxylic acids is 1. The molecule has 0 radical (unpaired) electrons. The highest BCUT2D eigenvalue weighted by atomic mass is 32.2. The lowest BCUT2D eigenvalue weighted by Gasteiger charge is -2.23. The van der Waals surface area contributed by atoms with Crippen molar-refractivity contribution in [1.29, 1.82) is 0 Å². The van der Waals surface area contributed by atoms with Crippen LogP contribution in [0.15, 0.2) is 48.5 Å². The molecule has 0 saturated heterocycles. The number of carbonyl (C=O) groups excluding carboxylic acids is 2. The van der Waals surface area contributed by atoms with Crippen LogP contribution in [0, 0.1) is 5.92 Å². The van der Waals surface area contributed by atoms with Crippen LogP contribution in [0.2, 0.25) is 0 Å². The summed E-state index contributed by atoms with van der Waals surface area (Å²) < 4.78 is 5.55. The van der Waals surface area contributed by atoms with Crippen molar-refractivity contribution < 1.29 is 24.2 Å². The number of benzene rings is 2. The van der Waals surface area contributed by atoms with Gasteiger partial charge in [0.2, 0.25) is 5.91 Å². The van der Waals surface area contributed by atoms with Gasteiger partial charge in [-0.1, -0.05) is 62.4 Å². The largest absolute Gasteiger partial charge is 0.480 e. The van der Waals surface area contributed by atoms with Gasteiger partial charge in [0.25, 0.3) is 0 Å². The van der Waals surface area contributed by atoms with E-state index in [0.29, 0.717) is 12.2 Å². The number of hydrogen-bond acceptors (Lipinski definition) is 5. The van der Waals surface area contributed by atoms with E-state index in [9.17, 15) is 19.5 Å². The Balaban J connectivity index is 1.66. The van der Waals surface area contributed by atoms with Gasteiger partial charge in [0.1, 0.15) is 18.7 Å². The molecule has 0 aromatic heterocycles. The van der Waals surface area contributed by atoms with E-state index in [4.69, 9.17) is 4.74 Å². The molecule has 1 aliphatic carbocycles. The van der Waals surface area contributed by atoms with Crippen molar-refractivity contribution >= 4 is 29.7 Å². The van der Waals surface area contributed by atoms with Gasteiger partial charge in [0, 0.05) is 5.92 Å². The van der Waals surface area contributed by atoms with Crippen LogP contribution in [0.5, 0.6) is 0 Å². The zero-order valence-corrected chi connectivity index (χ0v) is 19.9. The van der Waals surface area contributed by atoms with E-state index < -0.39 is 30.1 Å². The number of aliphatic carboxylic acids is 1. The van der Waals surface area contributed by atoms with E-state index in [1.165, 1.54) is 11.8 Å². The van der Waals surface area contributed by atoms with Crippen LogP contribution in [0.4, 0.5) is 4.79 Å². The van der Waals surface area contributed by atoms with Crippen molar-refractivity contribution in [2.24, 2.45) is 5.92 Å². The fourth-order valence-corrected chi connectivity index (χ4v) is 4.53. The lowest BCUT2D eigenvalue weighted by molar-refractivity contribution is -0.143. The van der Waals surface area contributed by atoms with Crippen molar-refractivity contribution in [3.63, 3.8) is 0 Å². The fraction of sp³-hybridized carbons (Fsp3) is 0.400. The standard InChI is InChI=1S/C25H30N2O5S/c1-15(2)22(24(29)30)27-23(28)21(12-13-33-3)26-25(31)32-14-20-18-10-6-4-8-16(18)17-9-5-7-11-19(17)20/h4-11,15,20-22H,12-14H2,1-3H3,(H,26,31)(H,27,28)(H,29,30)/t21-,22?/m0/s1. The second kappa shape index (κ2) is 11.2. The molecule has 0 aliphatic heterocycles. The molecule has 176 valence electrons. The Morgan fingerprint density at radius 1 is 1.00 bits per heavy atom. The first kappa shape index (κ1) is 24.6. The molecule has 33 heavy (non-hydrogen) atoms. The Labute approximate surface area is 198 Å². The van der Waals surface area contributed by atoms with E-state index in [-0.39, 0.29) is 18.4 Å².